The van der Waals surface area contributed by atoms with E-state index in [1.165, 1.54) is 11.1 Å². The van der Waals surface area contributed by atoms with Crippen molar-refractivity contribution >= 4 is 0 Å². The van der Waals surface area contributed by atoms with Crippen LogP contribution in [0.2, 0.25) is 0 Å². The van der Waals surface area contributed by atoms with Gasteiger partial charge in [0.25, 0.3) is 0 Å². The van der Waals surface area contributed by atoms with Gasteiger partial charge in [0, 0.05) is 11.5 Å². The smallest absolute Gasteiger partial charge is 0.132 e. The van der Waals surface area contributed by atoms with Gasteiger partial charge in [-0.25, -0.2) is 0 Å². The van der Waals surface area contributed by atoms with Crippen molar-refractivity contribution in [3.8, 4) is 5.75 Å². The molecule has 0 N–H and O–H groups in total. The third kappa shape index (κ3) is 1.68. The fourth-order valence-corrected chi connectivity index (χ4v) is 2.95. The lowest BCUT2D eigenvalue weighted by Crippen LogP contribution is -2.19. The highest BCUT2D eigenvalue weighted by Gasteiger charge is 2.32. The minimum absolute atomic E-state index is 0.0462. The molecule has 2 atom stereocenters. The van der Waals surface area contributed by atoms with Gasteiger partial charge in [-0.05, 0) is 23.3 Å². The highest BCUT2D eigenvalue weighted by atomic mass is 16.5. The first kappa shape index (κ1) is 10.8. The van der Waals surface area contributed by atoms with Crippen LogP contribution in [0, 0.1) is 0 Å². The molecule has 0 bridgehead atoms. The summed E-state index contributed by atoms with van der Waals surface area (Å²) >= 11 is 0. The van der Waals surface area contributed by atoms with Crippen LogP contribution in [0.4, 0.5) is 0 Å². The molecular formula is C17H14O2. The number of benzene rings is 2. The normalized spacial score (nSPS) is 23.6. The lowest BCUT2D eigenvalue weighted by molar-refractivity contribution is 0.0166. The standard InChI is InChI=1S/C17H14O2/c1-2-6-13-12(5-1)11-19-17-14(13)9-10-18-16-8-4-3-7-15(16)17/h1-10,14,17H,11H2/t14-,17+/m1/s1. The van der Waals surface area contributed by atoms with Crippen LogP contribution in [-0.4, -0.2) is 0 Å². The zero-order chi connectivity index (χ0) is 12.7. The Bertz CT molecular complexity index is 645. The van der Waals surface area contributed by atoms with E-state index >= 15 is 0 Å². The second kappa shape index (κ2) is 4.25. The molecule has 0 spiro atoms. The lowest BCUT2D eigenvalue weighted by atomic mass is 9.84. The highest BCUT2D eigenvalue weighted by molar-refractivity contribution is 5.44. The van der Waals surface area contributed by atoms with Crippen molar-refractivity contribution in [3.63, 3.8) is 0 Å². The Morgan fingerprint density at radius 3 is 2.63 bits per heavy atom. The van der Waals surface area contributed by atoms with Gasteiger partial charge in [-0.15, -0.1) is 0 Å². The van der Waals surface area contributed by atoms with Crippen LogP contribution in [0.25, 0.3) is 0 Å². The van der Waals surface area contributed by atoms with E-state index in [1.807, 2.05) is 18.2 Å². The minimum Gasteiger partial charge on any atom is -0.465 e. The first-order chi connectivity index (χ1) is 9.43. The maximum absolute atomic E-state index is 6.08. The zero-order valence-electron chi connectivity index (χ0n) is 10.5. The molecule has 0 saturated carbocycles. The molecule has 2 nitrogen and oxygen atoms in total. The van der Waals surface area contributed by atoms with E-state index < -0.39 is 0 Å². The van der Waals surface area contributed by atoms with E-state index in [0.29, 0.717) is 6.61 Å². The fourth-order valence-electron chi connectivity index (χ4n) is 2.95. The summed E-state index contributed by atoms with van der Waals surface area (Å²) in [4.78, 5) is 0. The van der Waals surface area contributed by atoms with Crippen LogP contribution in [0.5, 0.6) is 5.75 Å². The molecule has 2 aromatic rings. The van der Waals surface area contributed by atoms with Crippen molar-refractivity contribution in [1.82, 2.24) is 0 Å². The van der Waals surface area contributed by atoms with E-state index in [-0.39, 0.29) is 12.0 Å². The van der Waals surface area contributed by atoms with Crippen molar-refractivity contribution in [2.45, 2.75) is 18.6 Å². The summed E-state index contributed by atoms with van der Waals surface area (Å²) in [5, 5.41) is 0. The summed E-state index contributed by atoms with van der Waals surface area (Å²) in [6.07, 6.45) is 3.93. The Labute approximate surface area is 112 Å². The maximum Gasteiger partial charge on any atom is 0.132 e. The molecule has 2 heterocycles. The lowest BCUT2D eigenvalue weighted by Gasteiger charge is -2.31. The number of hydrogen-bond donors (Lipinski definition) is 0. The van der Waals surface area contributed by atoms with Gasteiger partial charge in [0.15, 0.2) is 0 Å². The van der Waals surface area contributed by atoms with Crippen LogP contribution < -0.4 is 4.74 Å². The third-order valence-corrected chi connectivity index (χ3v) is 3.87. The van der Waals surface area contributed by atoms with E-state index in [2.05, 4.69) is 36.4 Å². The molecule has 4 rings (SSSR count). The molecular weight excluding hydrogens is 236 g/mol. The summed E-state index contributed by atoms with van der Waals surface area (Å²) in [7, 11) is 0. The molecule has 19 heavy (non-hydrogen) atoms. The van der Waals surface area contributed by atoms with Crippen molar-refractivity contribution in [2.75, 3.05) is 0 Å². The maximum atomic E-state index is 6.08. The van der Waals surface area contributed by atoms with Gasteiger partial charge in [0.05, 0.1) is 19.0 Å². The monoisotopic (exact) mass is 250 g/mol. The summed E-state index contributed by atoms with van der Waals surface area (Å²) in [6.45, 7) is 0.666. The molecule has 0 radical (unpaired) electrons. The Balaban J connectivity index is 1.87. The number of hydrogen-bond acceptors (Lipinski definition) is 2. The second-order valence-corrected chi connectivity index (χ2v) is 4.94. The largest absolute Gasteiger partial charge is 0.465 e. The van der Waals surface area contributed by atoms with Gasteiger partial charge in [-0.3, -0.25) is 0 Å². The zero-order valence-corrected chi connectivity index (χ0v) is 10.5. The van der Waals surface area contributed by atoms with E-state index in [1.54, 1.807) is 6.26 Å². The quantitative estimate of drug-likeness (QED) is 0.705. The molecule has 2 aliphatic heterocycles. The molecule has 94 valence electrons. The average Bonchev–Trinajstić information content (AvgIpc) is 2.66. The fraction of sp³-hybridized carbons (Fsp3) is 0.176. The molecule has 0 amide bonds. The summed E-state index contributed by atoms with van der Waals surface area (Å²) in [6, 6.07) is 16.6. The average molecular weight is 250 g/mol. The van der Waals surface area contributed by atoms with Crippen LogP contribution in [0.15, 0.2) is 60.9 Å². The topological polar surface area (TPSA) is 18.5 Å². The highest BCUT2D eigenvalue weighted by Crippen LogP contribution is 2.45. The second-order valence-electron chi connectivity index (χ2n) is 4.94. The van der Waals surface area contributed by atoms with E-state index in [4.69, 9.17) is 9.47 Å². The molecule has 2 heteroatoms. The Hall–Kier alpha value is -2.06. The minimum atomic E-state index is 0.0462. The SMILES string of the molecule is C1=C[C@@H]2c3ccccc3CO[C@@H]2c2ccccc2O1. The Morgan fingerprint density at radius 2 is 1.68 bits per heavy atom. The van der Waals surface area contributed by atoms with Gasteiger partial charge >= 0.3 is 0 Å². The van der Waals surface area contributed by atoms with Crippen LogP contribution >= 0.6 is 0 Å². The van der Waals surface area contributed by atoms with Crippen molar-refractivity contribution < 1.29 is 9.47 Å². The van der Waals surface area contributed by atoms with Crippen molar-refractivity contribution in [1.29, 1.82) is 0 Å². The van der Waals surface area contributed by atoms with Gasteiger partial charge in [0.2, 0.25) is 0 Å². The molecule has 2 aliphatic rings. The number of fused-ring (bicyclic) bond motifs is 5. The molecule has 0 saturated heterocycles. The summed E-state index contributed by atoms with van der Waals surface area (Å²) in [5.74, 6) is 1.12. The predicted molar refractivity (Wildman–Crippen MR) is 72.9 cm³/mol. The molecule has 0 unspecified atom stereocenters. The first-order valence-electron chi connectivity index (χ1n) is 6.55. The van der Waals surface area contributed by atoms with Crippen molar-refractivity contribution in [2.24, 2.45) is 0 Å². The van der Waals surface area contributed by atoms with Crippen LogP contribution in [0.3, 0.4) is 0 Å². The molecule has 0 aliphatic carbocycles. The molecule has 0 aromatic heterocycles. The molecule has 0 fully saturated rings. The Kier molecular flexibility index (Phi) is 2.42. The van der Waals surface area contributed by atoms with E-state index in [9.17, 15) is 0 Å². The number of para-hydroxylation sites is 1. The summed E-state index contributed by atoms with van der Waals surface area (Å²) < 4.78 is 11.8. The first-order valence-corrected chi connectivity index (χ1v) is 6.55. The molecule has 2 aromatic carbocycles. The van der Waals surface area contributed by atoms with Gasteiger partial charge in [0.1, 0.15) is 5.75 Å². The van der Waals surface area contributed by atoms with E-state index in [0.717, 1.165) is 11.3 Å². The van der Waals surface area contributed by atoms with Crippen LogP contribution in [0.1, 0.15) is 28.7 Å². The van der Waals surface area contributed by atoms with Gasteiger partial charge < -0.3 is 9.47 Å². The van der Waals surface area contributed by atoms with Crippen LogP contribution in [-0.2, 0) is 11.3 Å². The van der Waals surface area contributed by atoms with Gasteiger partial charge in [-0.1, -0.05) is 42.5 Å². The number of ether oxygens (including phenoxy) is 2. The third-order valence-electron chi connectivity index (χ3n) is 3.87. The van der Waals surface area contributed by atoms with Crippen molar-refractivity contribution in [3.05, 3.63) is 77.6 Å². The summed E-state index contributed by atoms with van der Waals surface area (Å²) in [5.41, 5.74) is 3.75. The number of rotatable bonds is 0. The van der Waals surface area contributed by atoms with Gasteiger partial charge in [-0.2, -0.15) is 0 Å². The predicted octanol–water partition coefficient (Wildman–Crippen LogP) is 3.95. The Morgan fingerprint density at radius 1 is 0.895 bits per heavy atom.